The molecule has 0 bridgehead atoms. The molecule has 0 aliphatic carbocycles. The fourth-order valence-electron chi connectivity index (χ4n) is 2.63. The first-order chi connectivity index (χ1) is 9.69. The molecular weight excluding hydrogens is 259 g/mol. The van der Waals surface area contributed by atoms with E-state index in [0.717, 1.165) is 30.7 Å². The molecule has 1 aromatic heterocycles. The summed E-state index contributed by atoms with van der Waals surface area (Å²) in [6, 6.07) is 5.99. The molecule has 0 N–H and O–H groups in total. The number of hydrogen-bond acceptors (Lipinski definition) is 3. The second kappa shape index (κ2) is 5.07. The maximum atomic E-state index is 13.3. The summed E-state index contributed by atoms with van der Waals surface area (Å²) in [5.74, 6) is 0.304. The number of aromatic nitrogens is 2. The number of imidazole rings is 1. The van der Waals surface area contributed by atoms with Crippen LogP contribution in [-0.4, -0.2) is 22.6 Å². The van der Waals surface area contributed by atoms with E-state index in [1.807, 2.05) is 16.8 Å². The van der Waals surface area contributed by atoms with Gasteiger partial charge in [-0.2, -0.15) is 0 Å². The SMILES string of the molecule is COC(=O)C1CCCc2nc(-c3cccc(F)c3)cn21. The molecule has 0 saturated carbocycles. The largest absolute Gasteiger partial charge is 0.467 e. The van der Waals surface area contributed by atoms with Gasteiger partial charge in [0.05, 0.1) is 12.8 Å². The van der Waals surface area contributed by atoms with Gasteiger partial charge >= 0.3 is 5.97 Å². The lowest BCUT2D eigenvalue weighted by Gasteiger charge is -2.22. The molecule has 5 heteroatoms. The van der Waals surface area contributed by atoms with E-state index in [4.69, 9.17) is 4.74 Å². The quantitative estimate of drug-likeness (QED) is 0.791. The minimum absolute atomic E-state index is 0.255. The van der Waals surface area contributed by atoms with Gasteiger partial charge in [0, 0.05) is 18.2 Å². The maximum absolute atomic E-state index is 13.3. The Hall–Kier alpha value is -2.17. The highest BCUT2D eigenvalue weighted by atomic mass is 19.1. The van der Waals surface area contributed by atoms with E-state index in [9.17, 15) is 9.18 Å². The highest BCUT2D eigenvalue weighted by molar-refractivity contribution is 5.74. The average Bonchev–Trinajstić information content (AvgIpc) is 2.90. The van der Waals surface area contributed by atoms with Gasteiger partial charge < -0.3 is 9.30 Å². The fraction of sp³-hybridized carbons (Fsp3) is 0.333. The van der Waals surface area contributed by atoms with E-state index < -0.39 is 0 Å². The molecule has 0 saturated heterocycles. The third-order valence-electron chi connectivity index (χ3n) is 3.62. The van der Waals surface area contributed by atoms with E-state index in [2.05, 4.69) is 4.98 Å². The van der Waals surface area contributed by atoms with Gasteiger partial charge in [-0.15, -0.1) is 0 Å². The highest BCUT2D eigenvalue weighted by Crippen LogP contribution is 2.29. The van der Waals surface area contributed by atoms with Crippen molar-refractivity contribution in [1.82, 2.24) is 9.55 Å². The molecule has 1 atom stereocenters. The molecular formula is C15H15FN2O2. The topological polar surface area (TPSA) is 44.1 Å². The Morgan fingerprint density at radius 3 is 3.10 bits per heavy atom. The van der Waals surface area contributed by atoms with Crippen LogP contribution in [0.25, 0.3) is 11.3 Å². The lowest BCUT2D eigenvalue weighted by molar-refractivity contribution is -0.145. The molecule has 0 fully saturated rings. The summed E-state index contributed by atoms with van der Waals surface area (Å²) in [7, 11) is 1.39. The van der Waals surface area contributed by atoms with Crippen LogP contribution in [0.5, 0.6) is 0 Å². The lowest BCUT2D eigenvalue weighted by atomic mass is 10.1. The van der Waals surface area contributed by atoms with Crippen molar-refractivity contribution >= 4 is 5.97 Å². The standard InChI is InChI=1S/C15H15FN2O2/c1-20-15(19)13-6-3-7-14-17-12(9-18(13)14)10-4-2-5-11(16)8-10/h2,4-5,8-9,13H,3,6-7H2,1H3. The Morgan fingerprint density at radius 2 is 2.35 bits per heavy atom. The molecule has 1 unspecified atom stereocenters. The van der Waals surface area contributed by atoms with E-state index in [1.165, 1.54) is 19.2 Å². The van der Waals surface area contributed by atoms with Crippen molar-refractivity contribution in [2.24, 2.45) is 0 Å². The smallest absolute Gasteiger partial charge is 0.328 e. The van der Waals surface area contributed by atoms with Gasteiger partial charge in [0.2, 0.25) is 0 Å². The number of nitrogens with zero attached hydrogens (tertiary/aromatic N) is 2. The Kier molecular flexibility index (Phi) is 3.26. The molecule has 20 heavy (non-hydrogen) atoms. The number of carbonyl (C=O) groups is 1. The van der Waals surface area contributed by atoms with Gasteiger partial charge in [-0.1, -0.05) is 12.1 Å². The van der Waals surface area contributed by atoms with Crippen molar-refractivity contribution in [3.63, 3.8) is 0 Å². The van der Waals surface area contributed by atoms with E-state index in [0.29, 0.717) is 5.69 Å². The van der Waals surface area contributed by atoms with Crippen molar-refractivity contribution in [3.8, 4) is 11.3 Å². The number of halogens is 1. The fourth-order valence-corrected chi connectivity index (χ4v) is 2.63. The third kappa shape index (κ3) is 2.19. The van der Waals surface area contributed by atoms with Crippen molar-refractivity contribution in [1.29, 1.82) is 0 Å². The third-order valence-corrected chi connectivity index (χ3v) is 3.62. The molecule has 2 heterocycles. The number of carbonyl (C=O) groups excluding carboxylic acids is 1. The van der Waals surface area contributed by atoms with Crippen LogP contribution < -0.4 is 0 Å². The van der Waals surface area contributed by atoms with Crippen LogP contribution in [-0.2, 0) is 16.0 Å². The molecule has 1 aromatic carbocycles. The Labute approximate surface area is 116 Å². The van der Waals surface area contributed by atoms with E-state index >= 15 is 0 Å². The summed E-state index contributed by atoms with van der Waals surface area (Å²) < 4.78 is 20.0. The minimum Gasteiger partial charge on any atom is -0.467 e. The zero-order chi connectivity index (χ0) is 14.1. The number of ether oxygens (including phenoxy) is 1. The second-order valence-corrected chi connectivity index (χ2v) is 4.89. The van der Waals surface area contributed by atoms with Gasteiger partial charge in [0.15, 0.2) is 0 Å². The van der Waals surface area contributed by atoms with Gasteiger partial charge in [0.25, 0.3) is 0 Å². The van der Waals surface area contributed by atoms with Crippen LogP contribution in [0.4, 0.5) is 4.39 Å². The van der Waals surface area contributed by atoms with Crippen LogP contribution in [0.1, 0.15) is 24.7 Å². The first-order valence-corrected chi connectivity index (χ1v) is 6.60. The first-order valence-electron chi connectivity index (χ1n) is 6.60. The lowest BCUT2D eigenvalue weighted by Crippen LogP contribution is -2.25. The monoisotopic (exact) mass is 274 g/mol. The van der Waals surface area contributed by atoms with Crippen LogP contribution in [0.3, 0.4) is 0 Å². The summed E-state index contributed by atoms with van der Waals surface area (Å²) in [4.78, 5) is 16.3. The molecule has 2 aromatic rings. The second-order valence-electron chi connectivity index (χ2n) is 4.89. The Balaban J connectivity index is 2.01. The van der Waals surface area contributed by atoms with Gasteiger partial charge in [0.1, 0.15) is 17.7 Å². The van der Waals surface area contributed by atoms with Crippen molar-refractivity contribution < 1.29 is 13.9 Å². The van der Waals surface area contributed by atoms with Gasteiger partial charge in [-0.05, 0) is 25.0 Å². The molecule has 0 amide bonds. The van der Waals surface area contributed by atoms with E-state index in [-0.39, 0.29) is 17.8 Å². The Bertz CT molecular complexity index is 651. The van der Waals surface area contributed by atoms with E-state index in [1.54, 1.807) is 6.07 Å². The number of benzene rings is 1. The number of methoxy groups -OCH3 is 1. The molecule has 104 valence electrons. The predicted octanol–water partition coefficient (Wildman–Crippen LogP) is 2.74. The average molecular weight is 274 g/mol. The van der Waals surface area contributed by atoms with Gasteiger partial charge in [-0.25, -0.2) is 14.2 Å². The summed E-state index contributed by atoms with van der Waals surface area (Å²) >= 11 is 0. The van der Waals surface area contributed by atoms with Crippen molar-refractivity contribution in [3.05, 3.63) is 42.1 Å². The van der Waals surface area contributed by atoms with Crippen molar-refractivity contribution in [2.75, 3.05) is 7.11 Å². The minimum atomic E-state index is -0.321. The molecule has 1 aliphatic heterocycles. The predicted molar refractivity (Wildman–Crippen MR) is 71.6 cm³/mol. The molecule has 1 aliphatic rings. The Morgan fingerprint density at radius 1 is 1.50 bits per heavy atom. The van der Waals surface area contributed by atoms with Crippen LogP contribution >= 0.6 is 0 Å². The summed E-state index contributed by atoms with van der Waals surface area (Å²) in [5, 5.41) is 0. The van der Waals surface area contributed by atoms with Crippen LogP contribution in [0, 0.1) is 5.82 Å². The number of rotatable bonds is 2. The van der Waals surface area contributed by atoms with Gasteiger partial charge in [-0.3, -0.25) is 0 Å². The normalized spacial score (nSPS) is 17.6. The molecule has 0 spiro atoms. The van der Waals surface area contributed by atoms with Crippen LogP contribution in [0.2, 0.25) is 0 Å². The summed E-state index contributed by atoms with van der Waals surface area (Å²) in [6.07, 6.45) is 4.28. The molecule has 4 nitrogen and oxygen atoms in total. The summed E-state index contributed by atoms with van der Waals surface area (Å²) in [6.45, 7) is 0. The molecule has 0 radical (unpaired) electrons. The molecule has 3 rings (SSSR count). The zero-order valence-electron chi connectivity index (χ0n) is 11.2. The highest BCUT2D eigenvalue weighted by Gasteiger charge is 2.28. The number of hydrogen-bond donors (Lipinski definition) is 0. The zero-order valence-corrected chi connectivity index (χ0v) is 11.2. The maximum Gasteiger partial charge on any atom is 0.328 e. The van der Waals surface area contributed by atoms with Crippen LogP contribution in [0.15, 0.2) is 30.5 Å². The first kappa shape index (κ1) is 12.8. The summed E-state index contributed by atoms with van der Waals surface area (Å²) in [5.41, 5.74) is 1.41. The number of esters is 1. The number of fused-ring (bicyclic) bond motifs is 1. The number of aryl methyl sites for hydroxylation is 1. The van der Waals surface area contributed by atoms with Crippen molar-refractivity contribution in [2.45, 2.75) is 25.3 Å².